The molecule has 1 aromatic carbocycles. The van der Waals surface area contributed by atoms with Crippen LogP contribution < -0.4 is 0 Å². The van der Waals surface area contributed by atoms with Crippen molar-refractivity contribution in [3.8, 4) is 0 Å². The SMILES string of the molecule is CC(=Cc1ccccc1)S(=O)(=O)OCC(C)(C)C. The topological polar surface area (TPSA) is 43.4 Å². The van der Waals surface area contributed by atoms with E-state index in [2.05, 4.69) is 0 Å². The highest BCUT2D eigenvalue weighted by Crippen LogP contribution is 2.19. The van der Waals surface area contributed by atoms with Crippen molar-refractivity contribution in [2.75, 3.05) is 6.61 Å². The highest BCUT2D eigenvalue weighted by Gasteiger charge is 2.19. The average molecular weight is 268 g/mol. The van der Waals surface area contributed by atoms with Gasteiger partial charge in [0, 0.05) is 0 Å². The van der Waals surface area contributed by atoms with E-state index >= 15 is 0 Å². The highest BCUT2D eigenvalue weighted by atomic mass is 32.2. The third-order valence-electron chi connectivity index (χ3n) is 2.21. The zero-order valence-electron chi connectivity index (χ0n) is 11.3. The molecule has 3 nitrogen and oxygen atoms in total. The number of rotatable bonds is 4. The van der Waals surface area contributed by atoms with Crippen molar-refractivity contribution >= 4 is 16.2 Å². The van der Waals surface area contributed by atoms with Crippen molar-refractivity contribution in [2.45, 2.75) is 27.7 Å². The molecule has 0 saturated heterocycles. The lowest BCUT2D eigenvalue weighted by Gasteiger charge is -2.17. The van der Waals surface area contributed by atoms with Gasteiger partial charge in [0.15, 0.2) is 0 Å². The van der Waals surface area contributed by atoms with E-state index in [0.29, 0.717) is 0 Å². The molecule has 0 radical (unpaired) electrons. The van der Waals surface area contributed by atoms with Gasteiger partial charge in [-0.2, -0.15) is 8.42 Å². The van der Waals surface area contributed by atoms with E-state index in [1.807, 2.05) is 51.1 Å². The highest BCUT2D eigenvalue weighted by molar-refractivity contribution is 7.90. The second kappa shape index (κ2) is 5.67. The Bertz CT molecular complexity index is 508. The van der Waals surface area contributed by atoms with Crippen molar-refractivity contribution in [3.63, 3.8) is 0 Å². The van der Waals surface area contributed by atoms with E-state index in [9.17, 15) is 8.42 Å². The van der Waals surface area contributed by atoms with Gasteiger partial charge in [0.05, 0.1) is 11.5 Å². The van der Waals surface area contributed by atoms with Gasteiger partial charge in [-0.1, -0.05) is 51.1 Å². The molecule has 4 heteroatoms. The molecule has 0 amide bonds. The minimum absolute atomic E-state index is 0.176. The van der Waals surface area contributed by atoms with Gasteiger partial charge in [-0.3, -0.25) is 4.18 Å². The minimum Gasteiger partial charge on any atom is -0.266 e. The van der Waals surface area contributed by atoms with Crippen molar-refractivity contribution < 1.29 is 12.6 Å². The average Bonchev–Trinajstić information content (AvgIpc) is 2.27. The summed E-state index contributed by atoms with van der Waals surface area (Å²) in [5, 5.41) is 0. The Hall–Kier alpha value is -1.13. The quantitative estimate of drug-likeness (QED) is 0.786. The van der Waals surface area contributed by atoms with Crippen LogP contribution in [-0.2, 0) is 14.3 Å². The maximum absolute atomic E-state index is 11.9. The molecule has 0 unspecified atom stereocenters. The standard InChI is InChI=1S/C14H20O3S/c1-12(10-13-8-6-5-7-9-13)18(15,16)17-11-14(2,3)4/h5-10H,11H2,1-4H3. The van der Waals surface area contributed by atoms with E-state index in [1.165, 1.54) is 0 Å². The Morgan fingerprint density at radius 3 is 2.28 bits per heavy atom. The smallest absolute Gasteiger partial charge is 0.266 e. The maximum atomic E-state index is 11.9. The van der Waals surface area contributed by atoms with Crippen LogP contribution in [0.4, 0.5) is 0 Å². The van der Waals surface area contributed by atoms with Gasteiger partial charge in [0.1, 0.15) is 0 Å². The first-order valence-electron chi connectivity index (χ1n) is 5.83. The summed E-state index contributed by atoms with van der Waals surface area (Å²) in [5.41, 5.74) is 0.665. The van der Waals surface area contributed by atoms with Gasteiger partial charge in [0.2, 0.25) is 0 Å². The largest absolute Gasteiger partial charge is 0.292 e. The summed E-state index contributed by atoms with van der Waals surface area (Å²) in [6.07, 6.45) is 1.61. The molecule has 18 heavy (non-hydrogen) atoms. The monoisotopic (exact) mass is 268 g/mol. The van der Waals surface area contributed by atoms with E-state index in [4.69, 9.17) is 4.18 Å². The molecule has 100 valence electrons. The molecule has 0 aromatic heterocycles. The molecule has 0 aliphatic carbocycles. The molecule has 0 N–H and O–H groups in total. The maximum Gasteiger partial charge on any atom is 0.292 e. The van der Waals surface area contributed by atoms with Crippen LogP contribution in [0.3, 0.4) is 0 Å². The van der Waals surface area contributed by atoms with Crippen LogP contribution in [0, 0.1) is 5.41 Å². The van der Waals surface area contributed by atoms with Gasteiger partial charge in [-0.15, -0.1) is 0 Å². The van der Waals surface area contributed by atoms with Crippen LogP contribution in [0.1, 0.15) is 33.3 Å². The predicted octanol–water partition coefficient (Wildman–Crippen LogP) is 3.44. The minimum atomic E-state index is -3.63. The molecule has 0 spiro atoms. The normalized spacial score (nSPS) is 13.7. The van der Waals surface area contributed by atoms with Crippen molar-refractivity contribution in [1.29, 1.82) is 0 Å². The van der Waals surface area contributed by atoms with Crippen LogP contribution in [0.25, 0.3) is 6.08 Å². The van der Waals surface area contributed by atoms with Gasteiger partial charge >= 0.3 is 0 Å². The van der Waals surface area contributed by atoms with Crippen LogP contribution >= 0.6 is 0 Å². The fourth-order valence-corrected chi connectivity index (χ4v) is 2.18. The first kappa shape index (κ1) is 14.9. The lowest BCUT2D eigenvalue weighted by atomic mass is 9.99. The summed E-state index contributed by atoms with van der Waals surface area (Å²) < 4.78 is 28.8. The molecule has 0 aliphatic heterocycles. The van der Waals surface area contributed by atoms with Gasteiger partial charge < -0.3 is 0 Å². The Labute approximate surface area is 110 Å². The first-order valence-corrected chi connectivity index (χ1v) is 7.24. The van der Waals surface area contributed by atoms with Crippen molar-refractivity contribution in [2.24, 2.45) is 5.41 Å². The summed E-state index contributed by atoms with van der Waals surface area (Å²) in [6, 6.07) is 9.31. The Morgan fingerprint density at radius 2 is 1.78 bits per heavy atom. The molecular formula is C14H20O3S. The van der Waals surface area contributed by atoms with Crippen LogP contribution in [0.5, 0.6) is 0 Å². The van der Waals surface area contributed by atoms with Crippen molar-refractivity contribution in [1.82, 2.24) is 0 Å². The van der Waals surface area contributed by atoms with E-state index in [0.717, 1.165) is 5.56 Å². The second-order valence-corrected chi connectivity index (χ2v) is 7.23. The third kappa shape index (κ3) is 5.02. The fourth-order valence-electron chi connectivity index (χ4n) is 1.20. The molecule has 0 aliphatic rings. The summed E-state index contributed by atoms with van der Waals surface area (Å²) in [6.45, 7) is 7.51. The molecule has 1 rings (SSSR count). The number of benzene rings is 1. The number of hydrogen-bond donors (Lipinski definition) is 0. The van der Waals surface area contributed by atoms with E-state index < -0.39 is 10.1 Å². The molecule has 0 bridgehead atoms. The Morgan fingerprint density at radius 1 is 1.22 bits per heavy atom. The van der Waals surface area contributed by atoms with Crippen LogP contribution in [-0.4, -0.2) is 15.0 Å². The molecule has 0 heterocycles. The van der Waals surface area contributed by atoms with Crippen LogP contribution in [0.2, 0.25) is 0 Å². The number of hydrogen-bond acceptors (Lipinski definition) is 3. The van der Waals surface area contributed by atoms with Gasteiger partial charge in [-0.05, 0) is 24.0 Å². The molecule has 0 atom stereocenters. The second-order valence-electron chi connectivity index (χ2n) is 5.44. The lowest BCUT2D eigenvalue weighted by molar-refractivity contribution is 0.205. The number of allylic oxidation sites excluding steroid dienone is 1. The van der Waals surface area contributed by atoms with E-state index in [-0.39, 0.29) is 16.9 Å². The summed E-state index contributed by atoms with van der Waals surface area (Å²) >= 11 is 0. The zero-order chi connectivity index (χ0) is 13.8. The van der Waals surface area contributed by atoms with E-state index in [1.54, 1.807) is 13.0 Å². The van der Waals surface area contributed by atoms with Gasteiger partial charge in [-0.25, -0.2) is 0 Å². The fraction of sp³-hybridized carbons (Fsp3) is 0.429. The predicted molar refractivity (Wildman–Crippen MR) is 74.4 cm³/mol. The Balaban J connectivity index is 2.83. The zero-order valence-corrected chi connectivity index (χ0v) is 12.1. The lowest BCUT2D eigenvalue weighted by Crippen LogP contribution is -2.18. The summed E-state index contributed by atoms with van der Waals surface area (Å²) in [4.78, 5) is 0.220. The van der Waals surface area contributed by atoms with Crippen molar-refractivity contribution in [3.05, 3.63) is 40.8 Å². The molecule has 0 saturated carbocycles. The van der Waals surface area contributed by atoms with Gasteiger partial charge in [0.25, 0.3) is 10.1 Å². The third-order valence-corrected chi connectivity index (χ3v) is 3.55. The summed E-state index contributed by atoms with van der Waals surface area (Å²) in [5.74, 6) is 0. The molecule has 1 aromatic rings. The summed E-state index contributed by atoms with van der Waals surface area (Å²) in [7, 11) is -3.63. The van der Waals surface area contributed by atoms with Crippen LogP contribution in [0.15, 0.2) is 35.2 Å². The molecule has 0 fully saturated rings. The Kier molecular flexibility index (Phi) is 4.71. The molecular weight excluding hydrogens is 248 g/mol. The first-order chi connectivity index (χ1) is 8.21.